The van der Waals surface area contributed by atoms with E-state index in [1.54, 1.807) is 12.0 Å². The fourth-order valence-electron chi connectivity index (χ4n) is 3.26. The highest BCUT2D eigenvalue weighted by Crippen LogP contribution is 2.10. The molecule has 2 aromatic carbocycles. The second-order valence-corrected chi connectivity index (χ2v) is 6.83. The fraction of sp³-hybridized carbons (Fsp3) is 0.381. The Morgan fingerprint density at radius 1 is 1.08 bits per heavy atom. The Morgan fingerprint density at radius 2 is 1.80 bits per heavy atom. The predicted octanol–water partition coefficient (Wildman–Crippen LogP) is 2.05. The number of rotatable bonds is 5. The van der Waals surface area contributed by atoms with Gasteiger partial charge in [0.25, 0.3) is 0 Å². The van der Waals surface area contributed by atoms with E-state index in [-0.39, 0.29) is 0 Å². The lowest BCUT2D eigenvalue weighted by Gasteiger charge is -2.30. The molecular weight excluding hydrogens is 310 g/mol. The van der Waals surface area contributed by atoms with E-state index in [0.29, 0.717) is 0 Å². The van der Waals surface area contributed by atoms with Crippen LogP contribution in [0.4, 0.5) is 0 Å². The second-order valence-electron chi connectivity index (χ2n) is 6.83. The van der Waals surface area contributed by atoms with E-state index in [9.17, 15) is 0 Å². The minimum atomic E-state index is 0.876. The topological polar surface area (TPSA) is 29.3 Å². The summed E-state index contributed by atoms with van der Waals surface area (Å²) >= 11 is 0. The van der Waals surface area contributed by atoms with Crippen molar-refractivity contribution in [1.29, 1.82) is 0 Å². The quantitative estimate of drug-likeness (QED) is 0.846. The van der Waals surface area contributed by atoms with Gasteiger partial charge in [-0.15, -0.1) is 0 Å². The molecule has 25 heavy (non-hydrogen) atoms. The number of quaternary nitrogens is 1. The molecule has 3 rings (SSSR count). The Labute approximate surface area is 150 Å². The van der Waals surface area contributed by atoms with E-state index >= 15 is 0 Å². The lowest BCUT2D eigenvalue weighted by molar-refractivity contribution is -0.918. The summed E-state index contributed by atoms with van der Waals surface area (Å²) in [7, 11) is 1.68. The summed E-state index contributed by atoms with van der Waals surface area (Å²) in [4.78, 5) is 1.64. The molecule has 0 unspecified atom stereocenters. The second kappa shape index (κ2) is 8.17. The van der Waals surface area contributed by atoms with Gasteiger partial charge in [0.05, 0.1) is 39.5 Å². The van der Waals surface area contributed by atoms with Crippen LogP contribution in [0, 0.1) is 13.8 Å². The van der Waals surface area contributed by atoms with Crippen LogP contribution in [0.5, 0.6) is 5.75 Å². The number of nitrogens with one attached hydrogen (secondary N) is 1. The number of ether oxygens (including phenoxy) is 1. The minimum absolute atomic E-state index is 0.876. The average molecular weight is 338 g/mol. The fourth-order valence-corrected chi connectivity index (χ4v) is 3.26. The Bertz CT molecular complexity index is 716. The highest BCUT2D eigenvalue weighted by molar-refractivity contribution is 5.79. The van der Waals surface area contributed by atoms with Crippen LogP contribution in [0.2, 0.25) is 0 Å². The van der Waals surface area contributed by atoms with Crippen molar-refractivity contribution in [2.24, 2.45) is 5.10 Å². The lowest BCUT2D eigenvalue weighted by atomic mass is 10.1. The van der Waals surface area contributed by atoms with Gasteiger partial charge in [0.1, 0.15) is 12.3 Å². The maximum atomic E-state index is 5.18. The van der Waals surface area contributed by atoms with E-state index in [1.807, 2.05) is 30.5 Å². The zero-order valence-corrected chi connectivity index (χ0v) is 15.5. The zero-order chi connectivity index (χ0) is 17.6. The molecule has 0 aliphatic carbocycles. The first-order chi connectivity index (χ1) is 12.1. The summed E-state index contributed by atoms with van der Waals surface area (Å²) in [6.07, 6.45) is 1.94. The summed E-state index contributed by atoms with van der Waals surface area (Å²) in [6.45, 7) is 9.77. The van der Waals surface area contributed by atoms with Gasteiger partial charge in [0.15, 0.2) is 0 Å². The molecule has 1 aliphatic rings. The van der Waals surface area contributed by atoms with Crippen LogP contribution in [0.15, 0.2) is 47.6 Å². The van der Waals surface area contributed by atoms with Gasteiger partial charge in [-0.05, 0) is 49.2 Å². The highest BCUT2D eigenvalue weighted by Gasteiger charge is 2.19. The van der Waals surface area contributed by atoms with Crippen molar-refractivity contribution in [2.45, 2.75) is 20.4 Å². The van der Waals surface area contributed by atoms with Crippen molar-refractivity contribution in [3.8, 4) is 5.75 Å². The number of methoxy groups -OCH3 is 1. The molecule has 0 amide bonds. The van der Waals surface area contributed by atoms with Gasteiger partial charge in [-0.25, -0.2) is 0 Å². The largest absolute Gasteiger partial charge is 0.497 e. The molecule has 0 bridgehead atoms. The van der Waals surface area contributed by atoms with Crippen molar-refractivity contribution < 1.29 is 9.64 Å². The third-order valence-corrected chi connectivity index (χ3v) is 4.87. The molecule has 2 aromatic rings. The molecular formula is C21H28N3O+. The van der Waals surface area contributed by atoms with Crippen LogP contribution < -0.4 is 9.64 Å². The van der Waals surface area contributed by atoms with Crippen LogP contribution in [0.3, 0.4) is 0 Å². The molecule has 0 aromatic heterocycles. The maximum absolute atomic E-state index is 5.18. The summed E-state index contributed by atoms with van der Waals surface area (Å²) in [5.74, 6) is 0.876. The standard InChI is InChI=1S/C21H27N3O/c1-17-4-7-20(18(2)14-17)16-23-10-12-24(13-11-23)22-15-19-5-8-21(25-3)9-6-19/h4-9,14-15H,10-13,16H2,1-3H3/p+1/b22-15-. The number of aryl methyl sites for hydroxylation is 2. The van der Waals surface area contributed by atoms with Gasteiger partial charge in [-0.2, -0.15) is 5.10 Å². The number of nitrogens with zero attached hydrogens (tertiary/aromatic N) is 2. The Kier molecular flexibility index (Phi) is 5.71. The molecule has 132 valence electrons. The molecule has 1 heterocycles. The van der Waals surface area contributed by atoms with E-state index in [1.165, 1.54) is 16.7 Å². The lowest BCUT2D eigenvalue weighted by Crippen LogP contribution is -3.13. The van der Waals surface area contributed by atoms with Crippen molar-refractivity contribution in [3.05, 3.63) is 64.7 Å². The molecule has 0 spiro atoms. The highest BCUT2D eigenvalue weighted by atomic mass is 16.5. The zero-order valence-electron chi connectivity index (χ0n) is 15.5. The summed E-state index contributed by atoms with van der Waals surface area (Å²) in [5.41, 5.74) is 5.32. The monoisotopic (exact) mass is 338 g/mol. The van der Waals surface area contributed by atoms with Crippen molar-refractivity contribution in [1.82, 2.24) is 5.01 Å². The van der Waals surface area contributed by atoms with Crippen LogP contribution in [-0.4, -0.2) is 44.5 Å². The minimum Gasteiger partial charge on any atom is -0.497 e. The normalized spacial score (nSPS) is 15.7. The first-order valence-corrected chi connectivity index (χ1v) is 8.97. The van der Waals surface area contributed by atoms with Crippen LogP contribution >= 0.6 is 0 Å². The molecule has 1 fully saturated rings. The number of hydrogen-bond acceptors (Lipinski definition) is 3. The van der Waals surface area contributed by atoms with Crippen LogP contribution in [-0.2, 0) is 6.54 Å². The molecule has 0 saturated carbocycles. The first kappa shape index (κ1) is 17.5. The summed E-state index contributed by atoms with van der Waals surface area (Å²) < 4.78 is 5.18. The first-order valence-electron chi connectivity index (χ1n) is 8.97. The Balaban J connectivity index is 1.50. The number of piperazine rings is 1. The third kappa shape index (κ3) is 4.83. The summed E-state index contributed by atoms with van der Waals surface area (Å²) in [6, 6.07) is 14.8. The van der Waals surface area contributed by atoms with E-state index < -0.39 is 0 Å². The van der Waals surface area contributed by atoms with Crippen molar-refractivity contribution in [2.75, 3.05) is 33.3 Å². The molecule has 4 nitrogen and oxygen atoms in total. The van der Waals surface area contributed by atoms with E-state index in [2.05, 4.69) is 42.2 Å². The SMILES string of the molecule is COc1ccc(/C=N\N2CC[NH+](Cc3ccc(C)cc3C)CC2)cc1. The van der Waals surface area contributed by atoms with Crippen molar-refractivity contribution in [3.63, 3.8) is 0 Å². The smallest absolute Gasteiger partial charge is 0.118 e. The Morgan fingerprint density at radius 3 is 2.44 bits per heavy atom. The molecule has 4 heteroatoms. The Hall–Kier alpha value is -2.33. The molecule has 1 aliphatic heterocycles. The molecule has 1 saturated heterocycles. The summed E-state index contributed by atoms with van der Waals surface area (Å²) in [5, 5.41) is 6.81. The molecule has 1 N–H and O–H groups in total. The number of hydrogen-bond donors (Lipinski definition) is 1. The van der Waals surface area contributed by atoms with Gasteiger partial charge < -0.3 is 9.64 Å². The molecule has 0 atom stereocenters. The van der Waals surface area contributed by atoms with Crippen LogP contribution in [0.1, 0.15) is 22.3 Å². The average Bonchev–Trinajstić information content (AvgIpc) is 2.64. The van der Waals surface area contributed by atoms with Gasteiger partial charge >= 0.3 is 0 Å². The van der Waals surface area contributed by atoms with Crippen molar-refractivity contribution >= 4 is 6.21 Å². The molecule has 0 radical (unpaired) electrons. The van der Waals surface area contributed by atoms with Gasteiger partial charge in [0, 0.05) is 5.56 Å². The third-order valence-electron chi connectivity index (χ3n) is 4.87. The predicted molar refractivity (Wildman–Crippen MR) is 102 cm³/mol. The number of benzene rings is 2. The van der Waals surface area contributed by atoms with Crippen LogP contribution in [0.25, 0.3) is 0 Å². The number of hydrazone groups is 1. The van der Waals surface area contributed by atoms with E-state index in [4.69, 9.17) is 4.74 Å². The van der Waals surface area contributed by atoms with E-state index in [0.717, 1.165) is 44.0 Å². The maximum Gasteiger partial charge on any atom is 0.118 e. The van der Waals surface area contributed by atoms with Gasteiger partial charge in [-0.3, -0.25) is 5.01 Å². The van der Waals surface area contributed by atoms with Gasteiger partial charge in [0.2, 0.25) is 0 Å². The van der Waals surface area contributed by atoms with Gasteiger partial charge in [-0.1, -0.05) is 23.8 Å².